The Labute approximate surface area is 195 Å². The lowest BCUT2D eigenvalue weighted by molar-refractivity contribution is 0.177. The van der Waals surface area contributed by atoms with Gasteiger partial charge in [-0.25, -0.2) is 0 Å². The molecule has 0 unspecified atom stereocenters. The summed E-state index contributed by atoms with van der Waals surface area (Å²) in [6.45, 7) is 1.98. The second-order valence-corrected chi connectivity index (χ2v) is 10.1. The summed E-state index contributed by atoms with van der Waals surface area (Å²) in [6.07, 6.45) is 6.83. The molecule has 0 amide bonds. The number of thiophene rings is 1. The molecule has 0 radical (unpaired) electrons. The van der Waals surface area contributed by atoms with E-state index in [1.807, 2.05) is 31.2 Å². The van der Waals surface area contributed by atoms with Crippen LogP contribution in [0.2, 0.25) is 5.02 Å². The average Bonchev–Trinajstić information content (AvgIpc) is 3.53. The number of aliphatic hydroxyl groups excluding tert-OH is 1. The van der Waals surface area contributed by atoms with Gasteiger partial charge in [-0.05, 0) is 56.4 Å². The van der Waals surface area contributed by atoms with Gasteiger partial charge in [0, 0.05) is 44.8 Å². The molecule has 2 atom stereocenters. The van der Waals surface area contributed by atoms with E-state index in [4.69, 9.17) is 20.9 Å². The van der Waals surface area contributed by atoms with E-state index in [9.17, 15) is 5.11 Å². The highest BCUT2D eigenvalue weighted by Gasteiger charge is 2.34. The molecule has 0 bridgehead atoms. The van der Waals surface area contributed by atoms with Gasteiger partial charge in [-0.3, -0.25) is 4.98 Å². The zero-order chi connectivity index (χ0) is 21.8. The Hall–Kier alpha value is -2.41. The number of hydrogen-bond donors (Lipinski definition) is 1. The zero-order valence-corrected chi connectivity index (χ0v) is 19.3. The van der Waals surface area contributed by atoms with Crippen molar-refractivity contribution in [2.24, 2.45) is 0 Å². The summed E-state index contributed by atoms with van der Waals surface area (Å²) in [4.78, 5) is 5.45. The molecule has 1 N–H and O–H groups in total. The SMILES string of the molecule is CC[C@H](O)c1cc2nccc(-c3cc(Cl)cc4c3O[C@@H](c3onc5c3CCCC5)C4)c2s1. The number of benzene rings is 1. The van der Waals surface area contributed by atoms with E-state index in [-0.39, 0.29) is 6.10 Å². The smallest absolute Gasteiger partial charge is 0.181 e. The third kappa shape index (κ3) is 3.24. The van der Waals surface area contributed by atoms with Crippen LogP contribution in [0.15, 0.2) is 35.0 Å². The molecule has 7 heteroatoms. The summed E-state index contributed by atoms with van der Waals surface area (Å²) in [5.41, 5.74) is 6.24. The summed E-state index contributed by atoms with van der Waals surface area (Å²) in [5, 5.41) is 15.3. The maximum Gasteiger partial charge on any atom is 0.181 e. The predicted octanol–water partition coefficient (Wildman–Crippen LogP) is 6.60. The molecule has 0 spiro atoms. The number of aromatic nitrogens is 2. The largest absolute Gasteiger partial charge is 0.481 e. The van der Waals surface area contributed by atoms with Crippen molar-refractivity contribution in [3.63, 3.8) is 0 Å². The molecule has 2 aliphatic rings. The van der Waals surface area contributed by atoms with Gasteiger partial charge in [-0.2, -0.15) is 0 Å². The lowest BCUT2D eigenvalue weighted by Gasteiger charge is -2.14. The summed E-state index contributed by atoms with van der Waals surface area (Å²) < 4.78 is 13.3. The number of aryl methyl sites for hydroxylation is 1. The fraction of sp³-hybridized carbons (Fsp3) is 0.360. The van der Waals surface area contributed by atoms with Gasteiger partial charge in [0.1, 0.15) is 5.75 Å². The molecule has 3 aromatic heterocycles. The summed E-state index contributed by atoms with van der Waals surface area (Å²) >= 11 is 8.13. The highest BCUT2D eigenvalue weighted by atomic mass is 35.5. The van der Waals surface area contributed by atoms with Crippen LogP contribution in [0, 0.1) is 0 Å². The second-order valence-electron chi connectivity index (χ2n) is 8.58. The van der Waals surface area contributed by atoms with Crippen molar-refractivity contribution in [3.05, 3.63) is 62.9 Å². The van der Waals surface area contributed by atoms with E-state index < -0.39 is 6.10 Å². The molecule has 0 saturated carbocycles. The van der Waals surface area contributed by atoms with Crippen LogP contribution in [-0.4, -0.2) is 15.2 Å². The van der Waals surface area contributed by atoms with Crippen LogP contribution in [-0.2, 0) is 19.3 Å². The van der Waals surface area contributed by atoms with Crippen LogP contribution >= 0.6 is 22.9 Å². The molecule has 5 nitrogen and oxygen atoms in total. The molecule has 1 aromatic carbocycles. The second kappa shape index (κ2) is 7.87. The van der Waals surface area contributed by atoms with Crippen LogP contribution < -0.4 is 4.74 Å². The van der Waals surface area contributed by atoms with E-state index >= 15 is 0 Å². The summed E-state index contributed by atoms with van der Waals surface area (Å²) in [7, 11) is 0. The van der Waals surface area contributed by atoms with E-state index in [1.54, 1.807) is 17.5 Å². The number of fused-ring (bicyclic) bond motifs is 3. The quantitative estimate of drug-likeness (QED) is 0.366. The molecule has 32 heavy (non-hydrogen) atoms. The number of hydrogen-bond acceptors (Lipinski definition) is 6. The first kappa shape index (κ1) is 20.2. The molecule has 1 aliphatic carbocycles. The van der Waals surface area contributed by atoms with Crippen molar-refractivity contribution in [3.8, 4) is 16.9 Å². The summed E-state index contributed by atoms with van der Waals surface area (Å²) in [5.74, 6) is 1.71. The van der Waals surface area contributed by atoms with Gasteiger partial charge in [0.25, 0.3) is 0 Å². The standard InChI is InChI=1S/C25H23ClN2O3S/c1-2-20(29)22-12-19-25(32-22)15(7-8-27-19)17-11-14(26)9-13-10-21(30-23(13)17)24-16-5-3-4-6-18(16)28-31-24/h7-9,11-12,20-21,29H,2-6,10H2,1H3/t20-,21+/m0/s1. The van der Waals surface area contributed by atoms with Gasteiger partial charge in [-0.15, -0.1) is 11.3 Å². The maximum absolute atomic E-state index is 10.3. The number of nitrogens with zero attached hydrogens (tertiary/aromatic N) is 2. The fourth-order valence-corrected chi connectivity index (χ4v) is 6.33. The number of halogens is 1. The number of rotatable bonds is 4. The first-order chi connectivity index (χ1) is 15.6. The molecular weight excluding hydrogens is 444 g/mol. The predicted molar refractivity (Wildman–Crippen MR) is 126 cm³/mol. The Morgan fingerprint density at radius 1 is 1.22 bits per heavy atom. The number of ether oxygens (including phenoxy) is 1. The Morgan fingerprint density at radius 3 is 2.97 bits per heavy atom. The minimum atomic E-state index is -0.481. The molecule has 0 saturated heterocycles. The molecule has 6 rings (SSSR count). The van der Waals surface area contributed by atoms with Gasteiger partial charge in [0.2, 0.25) is 0 Å². The Kier molecular flexibility index (Phi) is 4.97. The van der Waals surface area contributed by atoms with Crippen molar-refractivity contribution >= 4 is 33.2 Å². The Morgan fingerprint density at radius 2 is 2.09 bits per heavy atom. The molecule has 1 aliphatic heterocycles. The van der Waals surface area contributed by atoms with Crippen LogP contribution in [0.3, 0.4) is 0 Å². The molecule has 0 fully saturated rings. The minimum absolute atomic E-state index is 0.185. The lowest BCUT2D eigenvalue weighted by Crippen LogP contribution is -2.08. The number of pyridine rings is 1. The van der Waals surface area contributed by atoms with Crippen LogP contribution in [0.25, 0.3) is 21.3 Å². The summed E-state index contributed by atoms with van der Waals surface area (Å²) in [6, 6.07) is 7.93. The Bertz CT molecular complexity index is 1330. The van der Waals surface area contributed by atoms with Crippen molar-refractivity contribution in [2.45, 2.75) is 57.7 Å². The van der Waals surface area contributed by atoms with E-state index in [1.165, 1.54) is 5.56 Å². The van der Waals surface area contributed by atoms with Crippen molar-refractivity contribution in [1.29, 1.82) is 0 Å². The highest BCUT2D eigenvalue weighted by Crippen LogP contribution is 2.48. The highest BCUT2D eigenvalue weighted by molar-refractivity contribution is 7.19. The van der Waals surface area contributed by atoms with Crippen molar-refractivity contribution in [1.82, 2.24) is 10.1 Å². The Balaban J connectivity index is 1.44. The molecule has 4 aromatic rings. The maximum atomic E-state index is 10.3. The van der Waals surface area contributed by atoms with Crippen LogP contribution in [0.4, 0.5) is 0 Å². The topological polar surface area (TPSA) is 68.4 Å². The minimum Gasteiger partial charge on any atom is -0.481 e. The van der Waals surface area contributed by atoms with Crippen LogP contribution in [0.5, 0.6) is 5.75 Å². The monoisotopic (exact) mass is 466 g/mol. The van der Waals surface area contributed by atoms with Crippen LogP contribution in [0.1, 0.15) is 65.9 Å². The molecule has 164 valence electrons. The number of aliphatic hydroxyl groups is 1. The van der Waals surface area contributed by atoms with E-state index in [0.717, 1.165) is 74.7 Å². The van der Waals surface area contributed by atoms with Gasteiger partial charge < -0.3 is 14.4 Å². The van der Waals surface area contributed by atoms with Gasteiger partial charge >= 0.3 is 0 Å². The molecule has 4 heterocycles. The van der Waals surface area contributed by atoms with E-state index in [2.05, 4.69) is 10.1 Å². The van der Waals surface area contributed by atoms with Gasteiger partial charge in [-0.1, -0.05) is 23.7 Å². The van der Waals surface area contributed by atoms with Crippen molar-refractivity contribution in [2.75, 3.05) is 0 Å². The molecular formula is C25H23ClN2O3S. The van der Waals surface area contributed by atoms with Gasteiger partial charge in [0.15, 0.2) is 11.9 Å². The third-order valence-corrected chi connectivity index (χ3v) is 7.99. The van der Waals surface area contributed by atoms with Gasteiger partial charge in [0.05, 0.1) is 22.0 Å². The normalized spacial score (nSPS) is 18.4. The lowest BCUT2D eigenvalue weighted by atomic mass is 9.93. The average molecular weight is 467 g/mol. The first-order valence-electron chi connectivity index (χ1n) is 11.2. The zero-order valence-electron chi connectivity index (χ0n) is 17.7. The first-order valence-corrected chi connectivity index (χ1v) is 12.3. The van der Waals surface area contributed by atoms with E-state index in [0.29, 0.717) is 17.9 Å². The van der Waals surface area contributed by atoms with Crippen molar-refractivity contribution < 1.29 is 14.4 Å². The fourth-order valence-electron chi connectivity index (χ4n) is 4.87. The third-order valence-electron chi connectivity index (χ3n) is 6.52.